The van der Waals surface area contributed by atoms with Crippen LogP contribution in [0.5, 0.6) is 0 Å². The number of methoxy groups -OCH3 is 1. The summed E-state index contributed by atoms with van der Waals surface area (Å²) in [6.45, 7) is 2.56. The van der Waals surface area contributed by atoms with Gasteiger partial charge in [0.15, 0.2) is 0 Å². The highest BCUT2D eigenvalue weighted by molar-refractivity contribution is 5.95. The topological polar surface area (TPSA) is 59.1 Å². The monoisotopic (exact) mass is 486 g/mol. The van der Waals surface area contributed by atoms with Gasteiger partial charge in [-0.05, 0) is 29.5 Å². The summed E-state index contributed by atoms with van der Waals surface area (Å²) in [5.74, 6) is -0.595. The van der Waals surface area contributed by atoms with Crippen molar-refractivity contribution in [3.63, 3.8) is 0 Å². The van der Waals surface area contributed by atoms with E-state index in [9.17, 15) is 9.59 Å². The quantitative estimate of drug-likeness (QED) is 0.363. The number of nitrogens with zero attached hydrogens (tertiary/aromatic N) is 2. The van der Waals surface area contributed by atoms with Crippen LogP contribution in [0.1, 0.15) is 23.1 Å². The van der Waals surface area contributed by atoms with Gasteiger partial charge in [0.05, 0.1) is 12.0 Å². The predicted octanol–water partition coefficient (Wildman–Crippen LogP) is 4.93. The van der Waals surface area contributed by atoms with Crippen molar-refractivity contribution in [1.29, 1.82) is 0 Å². The molecule has 188 valence electrons. The number of cyclic esters (lactones) is 1. The Morgan fingerprint density at radius 1 is 0.917 bits per heavy atom. The van der Waals surface area contributed by atoms with E-state index in [4.69, 9.17) is 9.47 Å². The van der Waals surface area contributed by atoms with Crippen LogP contribution >= 0.6 is 0 Å². The Balaban J connectivity index is 1.54. The molecule has 0 radical (unpaired) electrons. The van der Waals surface area contributed by atoms with Gasteiger partial charge >= 0.3 is 6.09 Å². The van der Waals surface area contributed by atoms with Gasteiger partial charge in [-0.15, -0.1) is 0 Å². The summed E-state index contributed by atoms with van der Waals surface area (Å²) in [6.07, 6.45) is 0.547. The Labute approximate surface area is 213 Å². The number of imide groups is 1. The standard InChI is InChI=1S/C30H34N2O4/c1-35-18-17-27(29(33)32-28(23-36-30(32)34)19-24-11-5-2-6-12-24)22-31(20-25-13-7-3-8-14-25)21-26-15-9-4-10-16-26/h2-16,27-28H,17-23H2,1H3/t27-,28+/m1/s1. The first-order valence-corrected chi connectivity index (χ1v) is 12.5. The number of rotatable bonds is 12. The van der Waals surface area contributed by atoms with Crippen molar-refractivity contribution in [2.45, 2.75) is 32.0 Å². The molecule has 6 heteroatoms. The maximum atomic E-state index is 13.8. The molecule has 1 fully saturated rings. The fourth-order valence-electron chi connectivity index (χ4n) is 4.70. The second-order valence-corrected chi connectivity index (χ2v) is 9.25. The first-order chi connectivity index (χ1) is 17.6. The van der Waals surface area contributed by atoms with Crippen LogP contribution in [0.25, 0.3) is 0 Å². The van der Waals surface area contributed by atoms with Gasteiger partial charge in [-0.2, -0.15) is 0 Å². The molecule has 2 amide bonds. The largest absolute Gasteiger partial charge is 0.447 e. The van der Waals surface area contributed by atoms with Gasteiger partial charge in [-0.3, -0.25) is 9.69 Å². The zero-order valence-electron chi connectivity index (χ0n) is 20.8. The highest BCUT2D eigenvalue weighted by atomic mass is 16.6. The number of benzene rings is 3. The summed E-state index contributed by atoms with van der Waals surface area (Å²) in [5, 5.41) is 0. The molecule has 0 aliphatic carbocycles. The van der Waals surface area contributed by atoms with Crippen LogP contribution in [0.2, 0.25) is 0 Å². The highest BCUT2D eigenvalue weighted by Gasteiger charge is 2.41. The second-order valence-electron chi connectivity index (χ2n) is 9.25. The summed E-state index contributed by atoms with van der Waals surface area (Å²) in [6, 6.07) is 30.1. The van der Waals surface area contributed by atoms with Crippen molar-refractivity contribution in [2.24, 2.45) is 5.92 Å². The summed E-state index contributed by atoms with van der Waals surface area (Å²) < 4.78 is 10.7. The Kier molecular flexibility index (Phi) is 9.25. The number of carbonyl (C=O) groups is 2. The van der Waals surface area contributed by atoms with Crippen LogP contribution in [-0.4, -0.2) is 54.7 Å². The molecule has 0 spiro atoms. The van der Waals surface area contributed by atoms with E-state index in [1.807, 2.05) is 66.7 Å². The van der Waals surface area contributed by atoms with Crippen molar-refractivity contribution in [3.05, 3.63) is 108 Å². The molecule has 6 nitrogen and oxygen atoms in total. The second kappa shape index (κ2) is 13.0. The highest BCUT2D eigenvalue weighted by Crippen LogP contribution is 2.23. The van der Waals surface area contributed by atoms with Gasteiger partial charge in [0.2, 0.25) is 5.91 Å². The molecule has 1 aliphatic rings. The van der Waals surface area contributed by atoms with E-state index < -0.39 is 12.0 Å². The molecule has 2 atom stereocenters. The molecule has 1 saturated heterocycles. The Morgan fingerprint density at radius 3 is 1.97 bits per heavy atom. The SMILES string of the molecule is COCC[C@H](CN(Cc1ccccc1)Cc1ccccc1)C(=O)N1C(=O)OC[C@@H]1Cc1ccccc1. The average Bonchev–Trinajstić information content (AvgIpc) is 3.27. The zero-order valence-corrected chi connectivity index (χ0v) is 20.8. The molecule has 0 aromatic heterocycles. The Morgan fingerprint density at radius 2 is 1.44 bits per heavy atom. The lowest BCUT2D eigenvalue weighted by molar-refractivity contribution is -0.134. The van der Waals surface area contributed by atoms with Crippen molar-refractivity contribution >= 4 is 12.0 Å². The Hall–Kier alpha value is -3.48. The van der Waals surface area contributed by atoms with E-state index >= 15 is 0 Å². The van der Waals surface area contributed by atoms with Crippen molar-refractivity contribution in [2.75, 3.05) is 26.9 Å². The fourth-order valence-corrected chi connectivity index (χ4v) is 4.70. The molecule has 0 saturated carbocycles. The van der Waals surface area contributed by atoms with E-state index in [1.165, 1.54) is 16.0 Å². The molecule has 1 heterocycles. The van der Waals surface area contributed by atoms with E-state index in [-0.39, 0.29) is 18.6 Å². The summed E-state index contributed by atoms with van der Waals surface area (Å²) in [4.78, 5) is 30.2. The lowest BCUT2D eigenvalue weighted by atomic mass is 9.99. The van der Waals surface area contributed by atoms with Crippen LogP contribution in [0, 0.1) is 5.92 Å². The molecule has 3 aromatic carbocycles. The third-order valence-corrected chi connectivity index (χ3v) is 6.51. The van der Waals surface area contributed by atoms with Gasteiger partial charge in [0.25, 0.3) is 0 Å². The fraction of sp³-hybridized carbons (Fsp3) is 0.333. The molecular formula is C30H34N2O4. The van der Waals surface area contributed by atoms with E-state index in [1.54, 1.807) is 7.11 Å². The van der Waals surface area contributed by atoms with Gasteiger partial charge in [0.1, 0.15) is 6.61 Å². The minimum atomic E-state index is -0.555. The Bertz CT molecular complexity index is 1050. The number of carbonyl (C=O) groups excluding carboxylic acids is 2. The van der Waals surface area contributed by atoms with E-state index in [0.717, 1.165) is 5.56 Å². The minimum absolute atomic E-state index is 0.193. The van der Waals surface area contributed by atoms with Crippen LogP contribution < -0.4 is 0 Å². The normalized spacial score (nSPS) is 16.2. The summed E-state index contributed by atoms with van der Waals surface area (Å²) >= 11 is 0. The zero-order chi connectivity index (χ0) is 25.2. The maximum Gasteiger partial charge on any atom is 0.416 e. The predicted molar refractivity (Wildman–Crippen MR) is 139 cm³/mol. The molecular weight excluding hydrogens is 452 g/mol. The summed E-state index contributed by atoms with van der Waals surface area (Å²) in [5.41, 5.74) is 3.42. The first kappa shape index (κ1) is 25.6. The molecule has 36 heavy (non-hydrogen) atoms. The smallest absolute Gasteiger partial charge is 0.416 e. The minimum Gasteiger partial charge on any atom is -0.447 e. The first-order valence-electron chi connectivity index (χ1n) is 12.5. The third kappa shape index (κ3) is 7.03. The van der Waals surface area contributed by atoms with Gasteiger partial charge in [0, 0.05) is 33.4 Å². The molecule has 0 N–H and O–H groups in total. The average molecular weight is 487 g/mol. The molecule has 1 aliphatic heterocycles. The van der Waals surface area contributed by atoms with Crippen molar-refractivity contribution < 1.29 is 19.1 Å². The molecule has 0 bridgehead atoms. The van der Waals surface area contributed by atoms with Crippen molar-refractivity contribution in [3.8, 4) is 0 Å². The van der Waals surface area contributed by atoms with Crippen LogP contribution in [-0.2, 0) is 33.8 Å². The van der Waals surface area contributed by atoms with Crippen LogP contribution in [0.15, 0.2) is 91.0 Å². The van der Waals surface area contributed by atoms with Gasteiger partial charge < -0.3 is 9.47 Å². The lowest BCUT2D eigenvalue weighted by Crippen LogP contribution is -2.46. The van der Waals surface area contributed by atoms with Crippen LogP contribution in [0.3, 0.4) is 0 Å². The van der Waals surface area contributed by atoms with Gasteiger partial charge in [-0.1, -0.05) is 91.0 Å². The number of hydrogen-bond donors (Lipinski definition) is 0. The maximum absolute atomic E-state index is 13.8. The van der Waals surface area contributed by atoms with Gasteiger partial charge in [-0.25, -0.2) is 9.69 Å². The molecule has 0 unspecified atom stereocenters. The number of hydrogen-bond acceptors (Lipinski definition) is 5. The molecule has 3 aromatic rings. The van der Waals surface area contributed by atoms with Crippen molar-refractivity contribution in [1.82, 2.24) is 9.80 Å². The van der Waals surface area contributed by atoms with E-state index in [0.29, 0.717) is 39.1 Å². The third-order valence-electron chi connectivity index (χ3n) is 6.51. The summed E-state index contributed by atoms with van der Waals surface area (Å²) in [7, 11) is 1.63. The van der Waals surface area contributed by atoms with Crippen LogP contribution in [0.4, 0.5) is 4.79 Å². The lowest BCUT2D eigenvalue weighted by Gasteiger charge is -2.30. The van der Waals surface area contributed by atoms with E-state index in [2.05, 4.69) is 29.2 Å². The molecule has 4 rings (SSSR count). The number of ether oxygens (including phenoxy) is 2. The number of amides is 2.